The Balaban J connectivity index is 1.62. The van der Waals surface area contributed by atoms with Gasteiger partial charge in [0.2, 0.25) is 5.95 Å². The number of ether oxygens (including phenoxy) is 1. The van der Waals surface area contributed by atoms with Gasteiger partial charge in [0.25, 0.3) is 5.91 Å². The molecule has 3 aromatic rings. The van der Waals surface area contributed by atoms with Crippen LogP contribution in [0.3, 0.4) is 0 Å². The first kappa shape index (κ1) is 17.4. The number of methoxy groups -OCH3 is 1. The van der Waals surface area contributed by atoms with Crippen molar-refractivity contribution in [3.8, 4) is 5.75 Å². The first-order chi connectivity index (χ1) is 12.7. The predicted molar refractivity (Wildman–Crippen MR) is 101 cm³/mol. The van der Waals surface area contributed by atoms with Crippen LogP contribution in [0.4, 0.5) is 11.6 Å². The summed E-state index contributed by atoms with van der Waals surface area (Å²) in [5, 5.41) is 5.96. The van der Waals surface area contributed by atoms with E-state index in [0.717, 1.165) is 22.6 Å². The lowest BCUT2D eigenvalue weighted by atomic mass is 10.2. The van der Waals surface area contributed by atoms with Gasteiger partial charge in [-0.3, -0.25) is 4.79 Å². The topological polar surface area (TPSA) is 76.1 Å². The second-order valence-electron chi connectivity index (χ2n) is 5.78. The van der Waals surface area contributed by atoms with E-state index in [-0.39, 0.29) is 5.91 Å². The molecule has 1 heterocycles. The number of rotatable bonds is 6. The highest BCUT2D eigenvalue weighted by molar-refractivity contribution is 6.03. The van der Waals surface area contributed by atoms with Gasteiger partial charge in [0.15, 0.2) is 0 Å². The van der Waals surface area contributed by atoms with E-state index in [4.69, 9.17) is 4.74 Å². The van der Waals surface area contributed by atoms with Crippen molar-refractivity contribution in [1.29, 1.82) is 0 Å². The normalized spacial score (nSPS) is 10.2. The number of nitrogens with zero attached hydrogens (tertiary/aromatic N) is 2. The van der Waals surface area contributed by atoms with Gasteiger partial charge in [-0.15, -0.1) is 0 Å². The molecule has 6 nitrogen and oxygen atoms in total. The molecule has 1 amide bonds. The van der Waals surface area contributed by atoms with Crippen molar-refractivity contribution in [2.45, 2.75) is 13.5 Å². The van der Waals surface area contributed by atoms with Crippen LogP contribution >= 0.6 is 0 Å². The van der Waals surface area contributed by atoms with E-state index in [1.165, 1.54) is 12.4 Å². The van der Waals surface area contributed by atoms with Crippen LogP contribution < -0.4 is 15.4 Å². The average molecular weight is 348 g/mol. The van der Waals surface area contributed by atoms with Gasteiger partial charge in [-0.2, -0.15) is 0 Å². The monoisotopic (exact) mass is 348 g/mol. The molecule has 3 rings (SSSR count). The third-order valence-electron chi connectivity index (χ3n) is 3.82. The van der Waals surface area contributed by atoms with E-state index < -0.39 is 0 Å². The molecule has 0 unspecified atom stereocenters. The maximum atomic E-state index is 12.3. The summed E-state index contributed by atoms with van der Waals surface area (Å²) in [4.78, 5) is 20.7. The molecule has 0 fully saturated rings. The van der Waals surface area contributed by atoms with Gasteiger partial charge >= 0.3 is 0 Å². The maximum absolute atomic E-state index is 12.3. The molecule has 132 valence electrons. The summed E-state index contributed by atoms with van der Waals surface area (Å²) in [5.41, 5.74) is 3.22. The molecule has 1 aromatic heterocycles. The molecule has 0 atom stereocenters. The largest absolute Gasteiger partial charge is 0.496 e. The van der Waals surface area contributed by atoms with Crippen molar-refractivity contribution < 1.29 is 9.53 Å². The zero-order valence-electron chi connectivity index (χ0n) is 14.7. The fraction of sp³-hybridized carbons (Fsp3) is 0.150. The van der Waals surface area contributed by atoms with E-state index in [9.17, 15) is 4.79 Å². The minimum atomic E-state index is -0.244. The third-order valence-corrected chi connectivity index (χ3v) is 3.82. The van der Waals surface area contributed by atoms with Crippen LogP contribution in [-0.2, 0) is 6.54 Å². The molecule has 6 heteroatoms. The Morgan fingerprint density at radius 3 is 2.58 bits per heavy atom. The summed E-state index contributed by atoms with van der Waals surface area (Å²) in [5.74, 6) is 1.00. The lowest BCUT2D eigenvalue weighted by Gasteiger charge is -2.09. The smallest absolute Gasteiger partial charge is 0.258 e. The molecule has 26 heavy (non-hydrogen) atoms. The maximum Gasteiger partial charge on any atom is 0.258 e. The Labute approximate surface area is 152 Å². The predicted octanol–water partition coefficient (Wildman–Crippen LogP) is 3.66. The summed E-state index contributed by atoms with van der Waals surface area (Å²) < 4.78 is 5.32. The average Bonchev–Trinajstić information content (AvgIpc) is 2.67. The van der Waals surface area contributed by atoms with Crippen molar-refractivity contribution in [1.82, 2.24) is 9.97 Å². The van der Waals surface area contributed by atoms with Crippen molar-refractivity contribution >= 4 is 17.5 Å². The van der Waals surface area contributed by atoms with Crippen molar-refractivity contribution in [2.24, 2.45) is 0 Å². The molecular weight excluding hydrogens is 328 g/mol. The molecule has 0 radical (unpaired) electrons. The van der Waals surface area contributed by atoms with E-state index in [0.29, 0.717) is 18.1 Å². The van der Waals surface area contributed by atoms with Crippen LogP contribution in [0.1, 0.15) is 21.5 Å². The Morgan fingerprint density at radius 2 is 1.85 bits per heavy atom. The SMILES string of the molecule is COc1ccccc1CNc1ncc(C(=O)Nc2cccc(C)c2)cn1. The van der Waals surface area contributed by atoms with Gasteiger partial charge in [-0.25, -0.2) is 9.97 Å². The van der Waals surface area contributed by atoms with Gasteiger partial charge in [-0.05, 0) is 30.7 Å². The van der Waals surface area contributed by atoms with Crippen LogP contribution in [0.25, 0.3) is 0 Å². The summed E-state index contributed by atoms with van der Waals surface area (Å²) in [7, 11) is 1.64. The van der Waals surface area contributed by atoms with Gasteiger partial charge in [0.05, 0.1) is 12.7 Å². The number of aromatic nitrogens is 2. The summed E-state index contributed by atoms with van der Waals surface area (Å²) in [6.45, 7) is 2.50. The fourth-order valence-corrected chi connectivity index (χ4v) is 2.49. The molecular formula is C20H20N4O2. The molecule has 0 saturated heterocycles. The van der Waals surface area contributed by atoms with Crippen LogP contribution in [0.5, 0.6) is 5.75 Å². The fourth-order valence-electron chi connectivity index (χ4n) is 2.49. The van der Waals surface area contributed by atoms with E-state index in [1.807, 2.05) is 55.5 Å². The molecule has 0 aliphatic rings. The summed E-state index contributed by atoms with van der Waals surface area (Å²) in [6, 6.07) is 15.3. The Bertz CT molecular complexity index is 894. The Morgan fingerprint density at radius 1 is 1.08 bits per heavy atom. The second kappa shape index (κ2) is 8.11. The number of hydrogen-bond acceptors (Lipinski definition) is 5. The van der Waals surface area contributed by atoms with Gasteiger partial charge in [0.1, 0.15) is 5.75 Å². The first-order valence-electron chi connectivity index (χ1n) is 8.21. The molecule has 0 aliphatic carbocycles. The van der Waals surface area contributed by atoms with Crippen molar-refractivity contribution in [3.63, 3.8) is 0 Å². The van der Waals surface area contributed by atoms with E-state index in [2.05, 4.69) is 20.6 Å². The van der Waals surface area contributed by atoms with Gasteiger partial charge in [-0.1, -0.05) is 30.3 Å². The number of para-hydroxylation sites is 1. The molecule has 0 aliphatic heterocycles. The molecule has 0 bridgehead atoms. The number of hydrogen-bond donors (Lipinski definition) is 2. The number of nitrogens with one attached hydrogen (secondary N) is 2. The zero-order valence-corrected chi connectivity index (χ0v) is 14.7. The van der Waals surface area contributed by atoms with Crippen LogP contribution in [-0.4, -0.2) is 23.0 Å². The minimum absolute atomic E-state index is 0.244. The van der Waals surface area contributed by atoms with E-state index >= 15 is 0 Å². The number of benzene rings is 2. The van der Waals surface area contributed by atoms with Crippen LogP contribution in [0.2, 0.25) is 0 Å². The number of carbonyl (C=O) groups excluding carboxylic acids is 1. The third kappa shape index (κ3) is 4.36. The zero-order chi connectivity index (χ0) is 18.4. The molecule has 2 aromatic carbocycles. The first-order valence-corrected chi connectivity index (χ1v) is 8.21. The molecule has 2 N–H and O–H groups in total. The number of carbonyl (C=O) groups is 1. The highest BCUT2D eigenvalue weighted by atomic mass is 16.5. The highest BCUT2D eigenvalue weighted by Crippen LogP contribution is 2.18. The Hall–Kier alpha value is -3.41. The van der Waals surface area contributed by atoms with Gasteiger partial charge in [0, 0.05) is 30.2 Å². The number of aryl methyl sites for hydroxylation is 1. The highest BCUT2D eigenvalue weighted by Gasteiger charge is 2.08. The number of amides is 1. The van der Waals surface area contributed by atoms with Crippen LogP contribution in [0, 0.1) is 6.92 Å². The van der Waals surface area contributed by atoms with E-state index in [1.54, 1.807) is 7.11 Å². The minimum Gasteiger partial charge on any atom is -0.496 e. The van der Waals surface area contributed by atoms with Crippen molar-refractivity contribution in [2.75, 3.05) is 17.7 Å². The second-order valence-corrected chi connectivity index (χ2v) is 5.78. The lowest BCUT2D eigenvalue weighted by Crippen LogP contribution is -2.13. The van der Waals surface area contributed by atoms with Crippen molar-refractivity contribution in [3.05, 3.63) is 77.6 Å². The Kier molecular flexibility index (Phi) is 5.43. The van der Waals surface area contributed by atoms with Crippen LogP contribution in [0.15, 0.2) is 60.9 Å². The number of anilines is 2. The van der Waals surface area contributed by atoms with Gasteiger partial charge < -0.3 is 15.4 Å². The molecule has 0 spiro atoms. The standard InChI is InChI=1S/C20H20N4O2/c1-14-6-5-8-17(10-14)24-19(25)16-12-22-20(23-13-16)21-11-15-7-3-4-9-18(15)26-2/h3-10,12-13H,11H2,1-2H3,(H,24,25)(H,21,22,23). The molecule has 0 saturated carbocycles. The lowest BCUT2D eigenvalue weighted by molar-refractivity contribution is 0.102. The summed E-state index contributed by atoms with van der Waals surface area (Å²) >= 11 is 0. The summed E-state index contributed by atoms with van der Waals surface area (Å²) in [6.07, 6.45) is 3.01. The quantitative estimate of drug-likeness (QED) is 0.711.